The molecule has 0 spiro atoms. The summed E-state index contributed by atoms with van der Waals surface area (Å²) in [6, 6.07) is 0. The van der Waals surface area contributed by atoms with Crippen molar-refractivity contribution in [3.63, 3.8) is 0 Å². The summed E-state index contributed by atoms with van der Waals surface area (Å²) in [6.45, 7) is 9.65. The standard InChI is InChI=1S/C23H46O4/c1-5-7-9-11-13-15-19-25-23(18-17-22(24)27-21(3)4)26-20-16-14-12-10-8-6-2/h21,23H,5-20H2,1-4H3. The maximum atomic E-state index is 11.8. The van der Waals surface area contributed by atoms with Gasteiger partial charge >= 0.3 is 5.97 Å². The molecular formula is C23H46O4. The molecule has 0 heterocycles. The van der Waals surface area contributed by atoms with E-state index in [1.54, 1.807) is 0 Å². The van der Waals surface area contributed by atoms with Crippen molar-refractivity contribution in [2.24, 2.45) is 0 Å². The molecule has 0 aliphatic carbocycles. The van der Waals surface area contributed by atoms with Crippen molar-refractivity contribution in [1.29, 1.82) is 0 Å². The Balaban J connectivity index is 3.96. The quantitative estimate of drug-likeness (QED) is 0.131. The van der Waals surface area contributed by atoms with Crippen LogP contribution in [0.4, 0.5) is 0 Å². The number of ether oxygens (including phenoxy) is 3. The average Bonchev–Trinajstić information content (AvgIpc) is 2.63. The Labute approximate surface area is 168 Å². The maximum Gasteiger partial charge on any atom is 0.306 e. The minimum absolute atomic E-state index is 0.0657. The van der Waals surface area contributed by atoms with Crippen LogP contribution in [0.1, 0.15) is 118 Å². The third-order valence-corrected chi connectivity index (χ3v) is 4.55. The molecule has 0 aliphatic rings. The predicted octanol–water partition coefficient (Wildman–Crippen LogP) is 6.80. The van der Waals surface area contributed by atoms with E-state index in [-0.39, 0.29) is 18.4 Å². The second-order valence-corrected chi connectivity index (χ2v) is 7.78. The number of unbranched alkanes of at least 4 members (excludes halogenated alkanes) is 10. The minimum Gasteiger partial charge on any atom is -0.463 e. The van der Waals surface area contributed by atoms with Crippen LogP contribution in [0.25, 0.3) is 0 Å². The second-order valence-electron chi connectivity index (χ2n) is 7.78. The number of carbonyl (C=O) groups excluding carboxylic acids is 1. The molecule has 0 aromatic carbocycles. The van der Waals surface area contributed by atoms with Crippen LogP contribution in [0, 0.1) is 0 Å². The Hall–Kier alpha value is -0.610. The van der Waals surface area contributed by atoms with Gasteiger partial charge in [-0.25, -0.2) is 0 Å². The zero-order chi connectivity index (χ0) is 20.2. The Bertz CT molecular complexity index is 300. The molecule has 0 rings (SSSR count). The van der Waals surface area contributed by atoms with Crippen molar-refractivity contribution < 1.29 is 19.0 Å². The number of hydrogen-bond donors (Lipinski definition) is 0. The van der Waals surface area contributed by atoms with Crippen LogP contribution in [0.3, 0.4) is 0 Å². The van der Waals surface area contributed by atoms with Crippen molar-refractivity contribution in [3.05, 3.63) is 0 Å². The largest absolute Gasteiger partial charge is 0.463 e. The predicted molar refractivity (Wildman–Crippen MR) is 113 cm³/mol. The maximum absolute atomic E-state index is 11.8. The summed E-state index contributed by atoms with van der Waals surface area (Å²) in [6.07, 6.45) is 15.5. The smallest absolute Gasteiger partial charge is 0.306 e. The zero-order valence-corrected chi connectivity index (χ0v) is 18.6. The lowest BCUT2D eigenvalue weighted by Crippen LogP contribution is -2.21. The van der Waals surface area contributed by atoms with E-state index < -0.39 is 0 Å². The molecule has 0 aliphatic heterocycles. The van der Waals surface area contributed by atoms with Gasteiger partial charge in [-0.1, -0.05) is 78.1 Å². The number of esters is 1. The van der Waals surface area contributed by atoms with Crippen molar-refractivity contribution >= 4 is 5.97 Å². The van der Waals surface area contributed by atoms with Gasteiger partial charge in [0.15, 0.2) is 6.29 Å². The van der Waals surface area contributed by atoms with E-state index in [1.165, 1.54) is 64.2 Å². The molecule has 162 valence electrons. The first-order valence-corrected chi connectivity index (χ1v) is 11.5. The van der Waals surface area contributed by atoms with Gasteiger partial charge in [0.1, 0.15) is 0 Å². The third-order valence-electron chi connectivity index (χ3n) is 4.55. The van der Waals surface area contributed by atoms with Gasteiger partial charge in [-0.3, -0.25) is 4.79 Å². The molecular weight excluding hydrogens is 340 g/mol. The van der Waals surface area contributed by atoms with E-state index in [1.807, 2.05) is 13.8 Å². The summed E-state index contributed by atoms with van der Waals surface area (Å²) >= 11 is 0. The van der Waals surface area contributed by atoms with E-state index in [2.05, 4.69) is 13.8 Å². The highest BCUT2D eigenvalue weighted by Gasteiger charge is 2.14. The topological polar surface area (TPSA) is 44.8 Å². The van der Waals surface area contributed by atoms with Crippen LogP contribution in [0.5, 0.6) is 0 Å². The molecule has 0 amide bonds. The molecule has 0 bridgehead atoms. The highest BCUT2D eigenvalue weighted by atomic mass is 16.7. The number of hydrogen-bond acceptors (Lipinski definition) is 4. The van der Waals surface area contributed by atoms with Crippen molar-refractivity contribution in [2.75, 3.05) is 13.2 Å². The number of carbonyl (C=O) groups is 1. The van der Waals surface area contributed by atoms with Crippen molar-refractivity contribution in [1.82, 2.24) is 0 Å². The summed E-state index contributed by atoms with van der Waals surface area (Å²) < 4.78 is 17.0. The first-order valence-electron chi connectivity index (χ1n) is 11.5. The van der Waals surface area contributed by atoms with Gasteiger partial charge in [-0.05, 0) is 26.7 Å². The lowest BCUT2D eigenvalue weighted by Gasteiger charge is -2.19. The fraction of sp³-hybridized carbons (Fsp3) is 0.957. The molecule has 4 heteroatoms. The van der Waals surface area contributed by atoms with E-state index in [0.717, 1.165) is 12.8 Å². The highest BCUT2D eigenvalue weighted by Crippen LogP contribution is 2.12. The monoisotopic (exact) mass is 386 g/mol. The van der Waals surface area contributed by atoms with Crippen molar-refractivity contribution in [2.45, 2.75) is 130 Å². The van der Waals surface area contributed by atoms with Gasteiger partial charge in [0, 0.05) is 19.6 Å². The van der Waals surface area contributed by atoms with Crippen molar-refractivity contribution in [3.8, 4) is 0 Å². The third kappa shape index (κ3) is 19.9. The van der Waals surface area contributed by atoms with Gasteiger partial charge in [-0.2, -0.15) is 0 Å². The molecule has 27 heavy (non-hydrogen) atoms. The van der Waals surface area contributed by atoms with Gasteiger partial charge in [0.25, 0.3) is 0 Å². The molecule has 0 unspecified atom stereocenters. The van der Waals surface area contributed by atoms with Gasteiger partial charge in [0.2, 0.25) is 0 Å². The fourth-order valence-electron chi connectivity index (χ4n) is 2.97. The molecule has 4 nitrogen and oxygen atoms in total. The molecule has 0 N–H and O–H groups in total. The molecule has 0 saturated carbocycles. The zero-order valence-electron chi connectivity index (χ0n) is 18.6. The molecule has 0 radical (unpaired) electrons. The lowest BCUT2D eigenvalue weighted by atomic mass is 10.1. The summed E-state index contributed by atoms with van der Waals surface area (Å²) in [7, 11) is 0. The van der Waals surface area contributed by atoms with Crippen LogP contribution >= 0.6 is 0 Å². The Morgan fingerprint density at radius 3 is 1.59 bits per heavy atom. The lowest BCUT2D eigenvalue weighted by molar-refractivity contribution is -0.161. The minimum atomic E-state index is -0.281. The van der Waals surface area contributed by atoms with Crippen LogP contribution in [-0.2, 0) is 19.0 Å². The van der Waals surface area contributed by atoms with Crippen LogP contribution in [-0.4, -0.2) is 31.6 Å². The molecule has 0 aromatic heterocycles. The first-order chi connectivity index (χ1) is 13.1. The number of rotatable bonds is 20. The fourth-order valence-corrected chi connectivity index (χ4v) is 2.97. The summed E-state index contributed by atoms with van der Waals surface area (Å²) in [4.78, 5) is 11.8. The average molecular weight is 387 g/mol. The highest BCUT2D eigenvalue weighted by molar-refractivity contribution is 5.69. The van der Waals surface area contributed by atoms with Gasteiger partial charge in [0.05, 0.1) is 12.5 Å². The normalized spacial score (nSPS) is 11.5. The van der Waals surface area contributed by atoms with Gasteiger partial charge < -0.3 is 14.2 Å². The SMILES string of the molecule is CCCCCCCCOC(CCC(=O)OC(C)C)OCCCCCCCC. The Morgan fingerprint density at radius 2 is 1.15 bits per heavy atom. The molecule has 0 fully saturated rings. The van der Waals surface area contributed by atoms with Crippen LogP contribution < -0.4 is 0 Å². The summed E-state index contributed by atoms with van der Waals surface area (Å²) in [5.74, 6) is -0.165. The van der Waals surface area contributed by atoms with E-state index in [4.69, 9.17) is 14.2 Å². The van der Waals surface area contributed by atoms with E-state index >= 15 is 0 Å². The van der Waals surface area contributed by atoms with Crippen LogP contribution in [0.2, 0.25) is 0 Å². The molecule has 0 atom stereocenters. The molecule has 0 saturated heterocycles. The molecule has 0 aromatic rings. The summed E-state index contributed by atoms with van der Waals surface area (Å²) in [5, 5.41) is 0. The van der Waals surface area contributed by atoms with Gasteiger partial charge in [-0.15, -0.1) is 0 Å². The first kappa shape index (κ1) is 26.4. The summed E-state index contributed by atoms with van der Waals surface area (Å²) in [5.41, 5.74) is 0. The van der Waals surface area contributed by atoms with Crippen LogP contribution in [0.15, 0.2) is 0 Å². The Morgan fingerprint density at radius 1 is 0.704 bits per heavy atom. The second kappa shape index (κ2) is 20.1. The van der Waals surface area contributed by atoms with E-state index in [0.29, 0.717) is 26.1 Å². The Kier molecular flexibility index (Phi) is 19.7. The van der Waals surface area contributed by atoms with E-state index in [9.17, 15) is 4.79 Å².